The molecule has 17 heavy (non-hydrogen) atoms. The van der Waals surface area contributed by atoms with E-state index in [4.69, 9.17) is 4.74 Å². The van der Waals surface area contributed by atoms with E-state index < -0.39 is 0 Å². The first-order valence-electron chi connectivity index (χ1n) is 6.67. The van der Waals surface area contributed by atoms with Crippen molar-refractivity contribution in [2.75, 3.05) is 19.8 Å². The van der Waals surface area contributed by atoms with Gasteiger partial charge in [-0.25, -0.2) is 0 Å². The van der Waals surface area contributed by atoms with E-state index in [0.29, 0.717) is 0 Å². The Bertz CT molecular complexity index is 366. The highest BCUT2D eigenvalue weighted by atomic mass is 32.1. The van der Waals surface area contributed by atoms with E-state index >= 15 is 0 Å². The summed E-state index contributed by atoms with van der Waals surface area (Å²) < 4.78 is 5.49. The second-order valence-electron chi connectivity index (χ2n) is 5.42. The van der Waals surface area contributed by atoms with Crippen LogP contribution in [0.1, 0.15) is 29.7 Å². The molecule has 0 aromatic carbocycles. The van der Waals surface area contributed by atoms with E-state index in [9.17, 15) is 0 Å². The van der Waals surface area contributed by atoms with Gasteiger partial charge in [-0.05, 0) is 49.1 Å². The zero-order valence-corrected chi connectivity index (χ0v) is 11.3. The second-order valence-corrected chi connectivity index (χ2v) is 6.42. The van der Waals surface area contributed by atoms with Crippen LogP contribution in [-0.4, -0.2) is 30.7 Å². The van der Waals surface area contributed by atoms with Crippen molar-refractivity contribution in [2.24, 2.45) is 5.92 Å². The van der Waals surface area contributed by atoms with Gasteiger partial charge in [0.15, 0.2) is 0 Å². The van der Waals surface area contributed by atoms with Crippen molar-refractivity contribution in [3.05, 3.63) is 21.9 Å². The molecule has 1 aromatic rings. The molecular weight excluding hydrogens is 230 g/mol. The minimum absolute atomic E-state index is 0.774. The predicted octanol–water partition coefficient (Wildman–Crippen LogP) is 3.06. The van der Waals surface area contributed by atoms with E-state index in [1.165, 1.54) is 31.4 Å². The Kier molecular flexibility index (Phi) is 3.50. The summed E-state index contributed by atoms with van der Waals surface area (Å²) >= 11 is 1.91. The third-order valence-corrected chi connectivity index (χ3v) is 4.90. The highest BCUT2D eigenvalue weighted by Gasteiger charge is 2.31. The van der Waals surface area contributed by atoms with Gasteiger partial charge in [-0.15, -0.1) is 11.3 Å². The second kappa shape index (κ2) is 5.09. The van der Waals surface area contributed by atoms with Gasteiger partial charge in [0.25, 0.3) is 0 Å². The van der Waals surface area contributed by atoms with Crippen molar-refractivity contribution >= 4 is 11.3 Å². The molecular formula is C14H21NOS. The monoisotopic (exact) mass is 251 g/mol. The topological polar surface area (TPSA) is 12.5 Å². The number of thiophene rings is 1. The molecule has 2 fully saturated rings. The van der Waals surface area contributed by atoms with Crippen LogP contribution in [-0.2, 0) is 11.3 Å². The summed E-state index contributed by atoms with van der Waals surface area (Å²) in [7, 11) is 0. The van der Waals surface area contributed by atoms with Crippen molar-refractivity contribution in [2.45, 2.75) is 38.8 Å². The van der Waals surface area contributed by atoms with Gasteiger partial charge in [0.05, 0.1) is 6.61 Å². The number of aryl methyl sites for hydroxylation is 1. The van der Waals surface area contributed by atoms with Crippen LogP contribution in [0.4, 0.5) is 0 Å². The largest absolute Gasteiger partial charge is 0.381 e. The van der Waals surface area contributed by atoms with Crippen molar-refractivity contribution < 1.29 is 4.74 Å². The first-order chi connectivity index (χ1) is 8.33. The molecule has 0 unspecified atom stereocenters. The van der Waals surface area contributed by atoms with Gasteiger partial charge in [0.1, 0.15) is 0 Å². The van der Waals surface area contributed by atoms with Crippen molar-refractivity contribution in [1.82, 2.24) is 4.90 Å². The van der Waals surface area contributed by atoms with Crippen LogP contribution in [0.15, 0.2) is 11.4 Å². The Balaban J connectivity index is 1.61. The minimum Gasteiger partial charge on any atom is -0.381 e. The molecule has 2 heterocycles. The molecule has 0 spiro atoms. The summed E-state index contributed by atoms with van der Waals surface area (Å²) in [5.74, 6) is 0.774. The van der Waals surface area contributed by atoms with Gasteiger partial charge in [-0.2, -0.15) is 0 Å². The smallest absolute Gasteiger partial charge is 0.0507 e. The van der Waals surface area contributed by atoms with Gasteiger partial charge in [0.2, 0.25) is 0 Å². The molecule has 0 N–H and O–H groups in total. The first kappa shape index (κ1) is 11.7. The number of rotatable bonds is 5. The lowest BCUT2D eigenvalue weighted by molar-refractivity contribution is 0.162. The Morgan fingerprint density at radius 3 is 2.88 bits per heavy atom. The fraction of sp³-hybridized carbons (Fsp3) is 0.714. The summed E-state index contributed by atoms with van der Waals surface area (Å²) in [5, 5.41) is 2.22. The number of nitrogens with zero attached hydrogens (tertiary/aromatic N) is 1. The molecule has 3 rings (SSSR count). The van der Waals surface area contributed by atoms with Crippen LogP contribution in [0.2, 0.25) is 0 Å². The van der Waals surface area contributed by atoms with Crippen LogP contribution in [0.5, 0.6) is 0 Å². The van der Waals surface area contributed by atoms with Crippen LogP contribution in [0, 0.1) is 12.8 Å². The van der Waals surface area contributed by atoms with E-state index in [1.807, 2.05) is 11.3 Å². The van der Waals surface area contributed by atoms with E-state index in [2.05, 4.69) is 23.3 Å². The highest BCUT2D eigenvalue weighted by molar-refractivity contribution is 7.10. The lowest BCUT2D eigenvalue weighted by Crippen LogP contribution is -2.31. The van der Waals surface area contributed by atoms with Gasteiger partial charge in [-0.3, -0.25) is 4.90 Å². The summed E-state index contributed by atoms with van der Waals surface area (Å²) in [6.07, 6.45) is 4.06. The van der Waals surface area contributed by atoms with Gasteiger partial charge in [-0.1, -0.05) is 0 Å². The molecule has 1 saturated heterocycles. The molecule has 3 heteroatoms. The average Bonchev–Trinajstić information content (AvgIpc) is 2.91. The molecule has 0 bridgehead atoms. The molecule has 2 nitrogen and oxygen atoms in total. The third kappa shape index (κ3) is 2.90. The minimum atomic E-state index is 0.774. The van der Waals surface area contributed by atoms with Crippen LogP contribution < -0.4 is 0 Å². The van der Waals surface area contributed by atoms with Gasteiger partial charge >= 0.3 is 0 Å². The van der Waals surface area contributed by atoms with E-state index in [1.54, 1.807) is 4.88 Å². The molecule has 1 aromatic heterocycles. The maximum Gasteiger partial charge on any atom is 0.0507 e. The summed E-state index contributed by atoms with van der Waals surface area (Å²) in [5.41, 5.74) is 1.46. The third-order valence-electron chi connectivity index (χ3n) is 3.89. The molecule has 0 amide bonds. The molecule has 94 valence electrons. The standard InChI is InChI=1S/C14H21NOS/c1-11-5-7-17-14(11)9-15(13-2-3-13)8-12-4-6-16-10-12/h5,7,12-13H,2-4,6,8-10H2,1H3/t12-/m0/s1. The average molecular weight is 251 g/mol. The Morgan fingerprint density at radius 2 is 2.29 bits per heavy atom. The van der Waals surface area contributed by atoms with Crippen molar-refractivity contribution in [3.8, 4) is 0 Å². The van der Waals surface area contributed by atoms with E-state index in [-0.39, 0.29) is 0 Å². The molecule has 1 aliphatic carbocycles. The molecule has 0 radical (unpaired) electrons. The number of hydrogen-bond acceptors (Lipinski definition) is 3. The molecule has 1 aliphatic heterocycles. The lowest BCUT2D eigenvalue weighted by Gasteiger charge is -2.24. The zero-order valence-electron chi connectivity index (χ0n) is 10.5. The molecule has 1 atom stereocenters. The van der Waals surface area contributed by atoms with Crippen molar-refractivity contribution in [3.63, 3.8) is 0 Å². The molecule has 1 saturated carbocycles. The number of ether oxygens (including phenoxy) is 1. The Morgan fingerprint density at radius 1 is 1.41 bits per heavy atom. The zero-order chi connectivity index (χ0) is 11.7. The van der Waals surface area contributed by atoms with Gasteiger partial charge < -0.3 is 4.74 Å². The summed E-state index contributed by atoms with van der Waals surface area (Å²) in [6, 6.07) is 3.10. The normalized spacial score (nSPS) is 24.7. The highest BCUT2D eigenvalue weighted by Crippen LogP contribution is 2.31. The maximum absolute atomic E-state index is 5.49. The van der Waals surface area contributed by atoms with Crippen LogP contribution in [0.3, 0.4) is 0 Å². The fourth-order valence-electron chi connectivity index (χ4n) is 2.59. The van der Waals surface area contributed by atoms with E-state index in [0.717, 1.165) is 31.7 Å². The summed E-state index contributed by atoms with van der Waals surface area (Å²) in [6.45, 7) is 6.58. The van der Waals surface area contributed by atoms with Crippen molar-refractivity contribution in [1.29, 1.82) is 0 Å². The maximum atomic E-state index is 5.49. The van der Waals surface area contributed by atoms with Crippen LogP contribution >= 0.6 is 11.3 Å². The first-order valence-corrected chi connectivity index (χ1v) is 7.55. The SMILES string of the molecule is Cc1ccsc1CN(C[C@@H]1CCOC1)C1CC1. The van der Waals surface area contributed by atoms with Gasteiger partial charge in [0, 0.05) is 30.6 Å². The Labute approximate surface area is 108 Å². The number of hydrogen-bond donors (Lipinski definition) is 0. The predicted molar refractivity (Wildman–Crippen MR) is 71.4 cm³/mol. The fourth-order valence-corrected chi connectivity index (χ4v) is 3.52. The molecule has 2 aliphatic rings. The van der Waals surface area contributed by atoms with Crippen LogP contribution in [0.25, 0.3) is 0 Å². The quantitative estimate of drug-likeness (QED) is 0.797. The Hall–Kier alpha value is -0.380. The summed E-state index contributed by atoms with van der Waals surface area (Å²) in [4.78, 5) is 4.24. The lowest BCUT2D eigenvalue weighted by atomic mass is 10.1.